The largest absolute Gasteiger partial charge is 0.269 e. The molecule has 0 spiro atoms. The van der Waals surface area contributed by atoms with Crippen LogP contribution < -0.4 is 0 Å². The van der Waals surface area contributed by atoms with Crippen molar-refractivity contribution in [2.75, 3.05) is 0 Å². The summed E-state index contributed by atoms with van der Waals surface area (Å²) in [6.07, 6.45) is 0. The Hall–Kier alpha value is 1.09. The molecule has 0 saturated carbocycles. The fraction of sp³-hybridized carbons (Fsp3) is 0. The molecule has 0 fully saturated rings. The van der Waals surface area contributed by atoms with E-state index in [1.165, 1.54) is 0 Å². The monoisotopic (exact) mass is 170 g/mol. The molecule has 0 bridgehead atoms. The van der Waals surface area contributed by atoms with Crippen LogP contribution in [0.15, 0.2) is 0 Å². The van der Waals surface area contributed by atoms with Crippen molar-refractivity contribution >= 4 is 23.7 Å². The molecule has 5 heteroatoms. The normalized spacial score (nSPS) is 3.60. The van der Waals surface area contributed by atoms with Gasteiger partial charge in [-0.15, -0.1) is 0 Å². The summed E-state index contributed by atoms with van der Waals surface area (Å²) in [7, 11) is 0. The molecular formula is HCl2FOZn. The Kier molecular flexibility index (Phi) is 64.3. The quantitative estimate of drug-likeness (QED) is 0.503. The minimum absolute atomic E-state index is 0. The number of hydrogen-bond donors (Lipinski definition) is 0. The Bertz CT molecular complexity index is 9.61. The predicted molar refractivity (Wildman–Crippen MR) is 15.3 cm³/mol. The standard InChI is InChI=1S/Cl2O.FH.Zn/c1-3-2;;/h;1H;. The smallest absolute Gasteiger partial charge is 0.0832 e. The first-order valence-electron chi connectivity index (χ1n) is 0.309. The van der Waals surface area contributed by atoms with Gasteiger partial charge >= 0.3 is 0 Å². The van der Waals surface area contributed by atoms with E-state index in [1.54, 1.807) is 0 Å². The molecule has 0 atom stereocenters. The summed E-state index contributed by atoms with van der Waals surface area (Å²) >= 11 is 8.53. The van der Waals surface area contributed by atoms with Gasteiger partial charge in [-0.05, 0) is 0 Å². The third-order valence-corrected chi connectivity index (χ3v) is 0. The molecule has 0 N–H and O–H groups in total. The van der Waals surface area contributed by atoms with Crippen molar-refractivity contribution in [3.8, 4) is 0 Å². The van der Waals surface area contributed by atoms with Crippen LogP contribution in [0.2, 0.25) is 0 Å². The van der Waals surface area contributed by atoms with Crippen LogP contribution >= 0.6 is 23.7 Å². The summed E-state index contributed by atoms with van der Waals surface area (Å²) in [6, 6.07) is 0. The van der Waals surface area contributed by atoms with Crippen LogP contribution in [0.5, 0.6) is 0 Å². The number of halogens is 3. The first kappa shape index (κ1) is 16.5. The van der Waals surface area contributed by atoms with Crippen molar-refractivity contribution in [2.24, 2.45) is 0 Å². The molecule has 0 unspecified atom stereocenters. The van der Waals surface area contributed by atoms with Gasteiger partial charge in [0.2, 0.25) is 0 Å². The summed E-state index contributed by atoms with van der Waals surface area (Å²) in [5.41, 5.74) is 0. The van der Waals surface area contributed by atoms with Gasteiger partial charge in [-0.1, -0.05) is 0 Å². The Morgan fingerprint density at radius 3 is 1.20 bits per heavy atom. The molecule has 0 aliphatic rings. The first-order chi connectivity index (χ1) is 1.41. The molecular weight excluding hydrogens is 171 g/mol. The average Bonchev–Trinajstić information content (AvgIpc) is 0.918. The zero-order chi connectivity index (χ0) is 2.71. The zero-order valence-corrected chi connectivity index (χ0v) is 6.76. The van der Waals surface area contributed by atoms with E-state index in [0.29, 0.717) is 0 Å². The van der Waals surface area contributed by atoms with E-state index in [-0.39, 0.29) is 24.2 Å². The average molecular weight is 172 g/mol. The van der Waals surface area contributed by atoms with Gasteiger partial charge in [0.15, 0.2) is 0 Å². The van der Waals surface area contributed by atoms with Crippen molar-refractivity contribution in [2.45, 2.75) is 0 Å². The summed E-state index contributed by atoms with van der Waals surface area (Å²) in [5, 5.41) is 0. The topological polar surface area (TPSA) is 9.23 Å². The third-order valence-electron chi connectivity index (χ3n) is 0. The SMILES string of the molecule is ClOCl.F.[Zn]. The van der Waals surface area contributed by atoms with Gasteiger partial charge in [0.1, 0.15) is 0 Å². The van der Waals surface area contributed by atoms with Crippen molar-refractivity contribution < 1.29 is 28.0 Å². The van der Waals surface area contributed by atoms with E-state index < -0.39 is 0 Å². The molecule has 0 aromatic carbocycles. The van der Waals surface area contributed by atoms with Crippen LogP contribution in [0.4, 0.5) is 4.70 Å². The Morgan fingerprint density at radius 1 is 1.20 bits per heavy atom. The summed E-state index contributed by atoms with van der Waals surface area (Å²) in [6.45, 7) is 0. The van der Waals surface area contributed by atoms with Crippen molar-refractivity contribution in [3.63, 3.8) is 0 Å². The van der Waals surface area contributed by atoms with Crippen LogP contribution in [0.3, 0.4) is 0 Å². The predicted octanol–water partition coefficient (Wildman–Crippen LogP) is 1.46. The van der Waals surface area contributed by atoms with E-state index >= 15 is 0 Å². The maximum atomic E-state index is 4.26. The van der Waals surface area contributed by atoms with Gasteiger partial charge in [-0.3, -0.25) is 4.70 Å². The van der Waals surface area contributed by atoms with Crippen molar-refractivity contribution in [3.05, 3.63) is 0 Å². The summed E-state index contributed by atoms with van der Waals surface area (Å²) < 4.78 is 3.19. The second-order valence-electron chi connectivity index (χ2n) is 0.0583. The molecule has 0 radical (unpaired) electrons. The van der Waals surface area contributed by atoms with Crippen molar-refractivity contribution in [1.29, 1.82) is 0 Å². The molecule has 30 valence electrons. The third kappa shape index (κ3) is 40.8. The Balaban J connectivity index is -0.0000000200. The number of hydrogen-bond acceptors (Lipinski definition) is 1. The molecule has 0 amide bonds. The molecule has 0 rings (SSSR count). The second-order valence-corrected chi connectivity index (χ2v) is 0.525. The summed E-state index contributed by atoms with van der Waals surface area (Å²) in [5.74, 6) is 0. The molecule has 0 aliphatic carbocycles. The molecule has 0 heterocycles. The molecule has 0 aromatic heterocycles. The fourth-order valence-corrected chi connectivity index (χ4v) is 0. The molecule has 0 saturated heterocycles. The molecule has 0 aromatic rings. The van der Waals surface area contributed by atoms with E-state index in [9.17, 15) is 0 Å². The van der Waals surface area contributed by atoms with Gasteiger partial charge in [0, 0.05) is 19.5 Å². The van der Waals surface area contributed by atoms with Crippen LogP contribution in [-0.2, 0) is 23.3 Å². The molecule has 1 nitrogen and oxygen atoms in total. The summed E-state index contributed by atoms with van der Waals surface area (Å²) in [4.78, 5) is 0. The molecule has 5 heavy (non-hydrogen) atoms. The van der Waals surface area contributed by atoms with Crippen molar-refractivity contribution in [1.82, 2.24) is 0 Å². The zero-order valence-electron chi connectivity index (χ0n) is 2.28. The molecule has 0 aliphatic heterocycles. The van der Waals surface area contributed by atoms with E-state index in [4.69, 9.17) is 0 Å². The van der Waals surface area contributed by atoms with Gasteiger partial charge in [-0.2, -0.15) is 3.84 Å². The fourth-order valence-electron chi connectivity index (χ4n) is 0. The number of rotatable bonds is 0. The van der Waals surface area contributed by atoms with Gasteiger partial charge in [-0.25, -0.2) is 0 Å². The van der Waals surface area contributed by atoms with Crippen LogP contribution in [-0.4, -0.2) is 0 Å². The minimum atomic E-state index is 0. The van der Waals surface area contributed by atoms with Gasteiger partial charge < -0.3 is 0 Å². The van der Waals surface area contributed by atoms with Crippen LogP contribution in [0, 0.1) is 0 Å². The first-order valence-corrected chi connectivity index (χ1v) is 0.926. The maximum absolute atomic E-state index is 4.26. The Labute approximate surface area is 52.1 Å². The van der Waals surface area contributed by atoms with Gasteiger partial charge in [0.25, 0.3) is 0 Å². The minimum Gasteiger partial charge on any atom is -0.269 e. The van der Waals surface area contributed by atoms with Gasteiger partial charge in [0.05, 0.1) is 23.7 Å². The van der Waals surface area contributed by atoms with Crippen LogP contribution in [0.25, 0.3) is 0 Å². The van der Waals surface area contributed by atoms with E-state index in [1.807, 2.05) is 0 Å². The second kappa shape index (κ2) is 19.5. The van der Waals surface area contributed by atoms with E-state index in [2.05, 4.69) is 27.6 Å². The van der Waals surface area contributed by atoms with Crippen LogP contribution in [0.1, 0.15) is 0 Å². The Morgan fingerprint density at radius 2 is 1.20 bits per heavy atom. The maximum Gasteiger partial charge on any atom is 0.0832 e. The van der Waals surface area contributed by atoms with E-state index in [0.717, 1.165) is 0 Å².